The molecule has 64 heavy (non-hydrogen) atoms. The average molecular weight is 877 g/mol. The number of carbonyl (C=O) groups is 4. The lowest BCUT2D eigenvalue weighted by atomic mass is 9.94. The third-order valence-corrected chi connectivity index (χ3v) is 10.5. The molecule has 340 valence electrons. The van der Waals surface area contributed by atoms with Gasteiger partial charge in [-0.05, 0) is 148 Å². The number of benzene rings is 4. The SMILES string of the molecule is C=CC(=O)OCCCCCCOc1ccc(C(=O)Oc2ccc(CO[C@@H]3CCCC[C@H]3OCc3ccc(OC(=O)c4ccc(OCCCCCCOC(=O)C=C)cc4)cc3)cc2)cc1. The molecule has 5 rings (SSSR count). The minimum atomic E-state index is -0.457. The zero-order valence-electron chi connectivity index (χ0n) is 36.6. The molecule has 0 aliphatic heterocycles. The van der Waals surface area contributed by atoms with E-state index in [9.17, 15) is 19.2 Å². The topological polar surface area (TPSA) is 142 Å². The fourth-order valence-corrected chi connectivity index (χ4v) is 6.82. The molecule has 4 aromatic rings. The molecule has 1 fully saturated rings. The van der Waals surface area contributed by atoms with Crippen LogP contribution in [0.15, 0.2) is 122 Å². The lowest BCUT2D eigenvalue weighted by Gasteiger charge is -2.31. The Morgan fingerprint density at radius 3 is 1.16 bits per heavy atom. The van der Waals surface area contributed by atoms with Crippen LogP contribution in [0.25, 0.3) is 0 Å². The number of hydrogen-bond acceptors (Lipinski definition) is 12. The van der Waals surface area contributed by atoms with Crippen LogP contribution in [0.4, 0.5) is 0 Å². The van der Waals surface area contributed by atoms with E-state index in [0.717, 1.165) is 100 Å². The van der Waals surface area contributed by atoms with Gasteiger partial charge in [0.2, 0.25) is 0 Å². The molecule has 0 radical (unpaired) electrons. The molecular formula is C52H60O12. The zero-order valence-corrected chi connectivity index (χ0v) is 36.6. The first kappa shape index (κ1) is 48.8. The van der Waals surface area contributed by atoms with Gasteiger partial charge in [-0.2, -0.15) is 0 Å². The van der Waals surface area contributed by atoms with Gasteiger partial charge in [-0.3, -0.25) is 0 Å². The van der Waals surface area contributed by atoms with Crippen LogP contribution in [0.3, 0.4) is 0 Å². The van der Waals surface area contributed by atoms with Crippen molar-refractivity contribution >= 4 is 23.9 Å². The van der Waals surface area contributed by atoms with Gasteiger partial charge in [-0.15, -0.1) is 0 Å². The smallest absolute Gasteiger partial charge is 0.343 e. The van der Waals surface area contributed by atoms with Crippen molar-refractivity contribution in [3.05, 3.63) is 145 Å². The van der Waals surface area contributed by atoms with Crippen molar-refractivity contribution in [2.75, 3.05) is 26.4 Å². The summed E-state index contributed by atoms with van der Waals surface area (Å²) in [6, 6.07) is 28.4. The van der Waals surface area contributed by atoms with Gasteiger partial charge in [-0.1, -0.05) is 50.3 Å². The maximum atomic E-state index is 12.8. The van der Waals surface area contributed by atoms with Crippen LogP contribution >= 0.6 is 0 Å². The summed E-state index contributed by atoms with van der Waals surface area (Å²) in [5, 5.41) is 0. The quantitative estimate of drug-likeness (QED) is 0.0232. The van der Waals surface area contributed by atoms with E-state index in [1.165, 1.54) is 0 Å². The molecule has 1 saturated carbocycles. The molecule has 0 heterocycles. The lowest BCUT2D eigenvalue weighted by molar-refractivity contribution is -0.138. The summed E-state index contributed by atoms with van der Waals surface area (Å²) in [5.74, 6) is 0.522. The molecule has 0 aromatic heterocycles. The molecule has 1 aliphatic carbocycles. The Morgan fingerprint density at radius 1 is 0.453 bits per heavy atom. The highest BCUT2D eigenvalue weighted by atomic mass is 16.6. The zero-order chi connectivity index (χ0) is 45.2. The van der Waals surface area contributed by atoms with E-state index in [1.54, 1.807) is 72.8 Å². The van der Waals surface area contributed by atoms with Crippen LogP contribution in [0, 0.1) is 0 Å². The van der Waals surface area contributed by atoms with Crippen LogP contribution in [-0.2, 0) is 41.8 Å². The molecule has 0 spiro atoms. The van der Waals surface area contributed by atoms with E-state index in [1.807, 2.05) is 24.3 Å². The molecular weight excluding hydrogens is 817 g/mol. The van der Waals surface area contributed by atoms with Crippen LogP contribution in [0.2, 0.25) is 0 Å². The molecule has 4 aromatic carbocycles. The third kappa shape index (κ3) is 17.9. The van der Waals surface area contributed by atoms with Gasteiger partial charge in [0, 0.05) is 12.2 Å². The number of rotatable bonds is 28. The minimum absolute atomic E-state index is 0.0529. The molecule has 1 aliphatic rings. The van der Waals surface area contributed by atoms with Crippen molar-refractivity contribution in [2.24, 2.45) is 0 Å². The van der Waals surface area contributed by atoms with Crippen LogP contribution in [0.1, 0.15) is 109 Å². The van der Waals surface area contributed by atoms with Gasteiger partial charge in [0.25, 0.3) is 0 Å². The predicted molar refractivity (Wildman–Crippen MR) is 242 cm³/mol. The highest BCUT2D eigenvalue weighted by Crippen LogP contribution is 2.27. The number of esters is 4. The van der Waals surface area contributed by atoms with Crippen LogP contribution in [0.5, 0.6) is 23.0 Å². The molecule has 0 bridgehead atoms. The summed E-state index contributed by atoms with van der Waals surface area (Å²) in [4.78, 5) is 47.8. The second-order valence-corrected chi connectivity index (χ2v) is 15.4. The number of carbonyl (C=O) groups excluding carboxylic acids is 4. The van der Waals surface area contributed by atoms with Crippen molar-refractivity contribution in [3.8, 4) is 23.0 Å². The van der Waals surface area contributed by atoms with E-state index < -0.39 is 23.9 Å². The summed E-state index contributed by atoms with van der Waals surface area (Å²) < 4.78 is 45.5. The van der Waals surface area contributed by atoms with E-state index in [-0.39, 0.29) is 12.2 Å². The highest BCUT2D eigenvalue weighted by Gasteiger charge is 2.27. The van der Waals surface area contributed by atoms with Gasteiger partial charge < -0.3 is 37.9 Å². The predicted octanol–water partition coefficient (Wildman–Crippen LogP) is 10.5. The Labute approximate surface area is 376 Å². The van der Waals surface area contributed by atoms with Crippen LogP contribution < -0.4 is 18.9 Å². The van der Waals surface area contributed by atoms with Crippen molar-refractivity contribution in [2.45, 2.75) is 102 Å². The summed E-state index contributed by atoms with van der Waals surface area (Å²) in [5.41, 5.74) is 2.76. The maximum absolute atomic E-state index is 12.8. The Morgan fingerprint density at radius 2 is 0.797 bits per heavy atom. The molecule has 0 unspecified atom stereocenters. The largest absolute Gasteiger partial charge is 0.494 e. The van der Waals surface area contributed by atoms with Crippen molar-refractivity contribution in [1.82, 2.24) is 0 Å². The maximum Gasteiger partial charge on any atom is 0.343 e. The molecule has 0 saturated heterocycles. The molecule has 2 atom stereocenters. The molecule has 0 amide bonds. The standard InChI is InChI=1S/C52H60O12/c1-3-49(53)59-35-13-7-5-11-33-57-43-29-21-41(22-30-43)51(55)63-45-25-17-39(18-26-45)37-61-47-15-9-10-16-48(47)62-38-40-19-27-46(28-20-40)64-52(56)42-23-31-44(32-24-42)58-34-12-6-8-14-36-60-50(54)4-2/h3-4,17-32,47-48H,1-2,5-16,33-38H2/t47-,48-/m1/s1. The van der Waals surface area contributed by atoms with Crippen molar-refractivity contribution in [1.29, 1.82) is 0 Å². The van der Waals surface area contributed by atoms with Gasteiger partial charge in [0.1, 0.15) is 23.0 Å². The Bertz CT molecular complexity index is 1890. The van der Waals surface area contributed by atoms with E-state index in [4.69, 9.17) is 37.9 Å². The van der Waals surface area contributed by atoms with Gasteiger partial charge in [0.05, 0.1) is 63.0 Å². The fraction of sp³-hybridized carbons (Fsp3) is 0.385. The average Bonchev–Trinajstić information content (AvgIpc) is 3.33. The van der Waals surface area contributed by atoms with Gasteiger partial charge in [-0.25, -0.2) is 19.2 Å². The van der Waals surface area contributed by atoms with Gasteiger partial charge >= 0.3 is 23.9 Å². The molecule has 0 N–H and O–H groups in total. The number of ether oxygens (including phenoxy) is 8. The second kappa shape index (κ2) is 27.7. The highest BCUT2D eigenvalue weighted by molar-refractivity contribution is 5.91. The summed E-state index contributed by atoms with van der Waals surface area (Å²) in [7, 11) is 0. The Balaban J connectivity index is 0.957. The minimum Gasteiger partial charge on any atom is -0.494 e. The number of unbranched alkanes of at least 4 members (excludes halogenated alkanes) is 6. The summed E-state index contributed by atoms with van der Waals surface area (Å²) in [6.07, 6.45) is 13.3. The van der Waals surface area contributed by atoms with E-state index in [0.29, 0.717) is 73.8 Å². The Hall–Kier alpha value is -6.24. The third-order valence-electron chi connectivity index (χ3n) is 10.5. The first-order valence-electron chi connectivity index (χ1n) is 22.2. The number of hydrogen-bond donors (Lipinski definition) is 0. The Kier molecular flexibility index (Phi) is 21.1. The summed E-state index contributed by atoms with van der Waals surface area (Å²) in [6.45, 7) is 9.46. The monoisotopic (exact) mass is 876 g/mol. The lowest BCUT2D eigenvalue weighted by Crippen LogP contribution is -2.34. The molecule has 12 heteroatoms. The normalized spacial score (nSPS) is 14.4. The van der Waals surface area contributed by atoms with Crippen molar-refractivity contribution < 1.29 is 57.1 Å². The van der Waals surface area contributed by atoms with Gasteiger partial charge in [0.15, 0.2) is 0 Å². The van der Waals surface area contributed by atoms with Crippen LogP contribution in [-0.4, -0.2) is 62.5 Å². The first-order valence-corrected chi connectivity index (χ1v) is 22.2. The second-order valence-electron chi connectivity index (χ2n) is 15.4. The fourth-order valence-electron chi connectivity index (χ4n) is 6.82. The first-order chi connectivity index (χ1) is 31.3. The van der Waals surface area contributed by atoms with E-state index >= 15 is 0 Å². The van der Waals surface area contributed by atoms with Crippen molar-refractivity contribution in [3.63, 3.8) is 0 Å². The summed E-state index contributed by atoms with van der Waals surface area (Å²) >= 11 is 0. The molecule has 12 nitrogen and oxygen atoms in total. The van der Waals surface area contributed by atoms with E-state index in [2.05, 4.69) is 13.2 Å².